The summed E-state index contributed by atoms with van der Waals surface area (Å²) in [5.74, 6) is 0. The molecule has 0 aliphatic heterocycles. The second-order valence-electron chi connectivity index (χ2n) is 5.47. The van der Waals surface area contributed by atoms with E-state index in [0.29, 0.717) is 18.3 Å². The normalized spacial score (nSPS) is 20.4. The maximum absolute atomic E-state index is 5.12. The number of hydrogen-bond acceptors (Lipinski definition) is 3. The molecule has 4 nitrogen and oxygen atoms in total. The minimum atomic E-state index is 0.282. The van der Waals surface area contributed by atoms with E-state index in [4.69, 9.17) is 17.0 Å². The summed E-state index contributed by atoms with van der Waals surface area (Å²) in [6.07, 6.45) is 4.23. The van der Waals surface area contributed by atoms with Crippen molar-refractivity contribution < 1.29 is 4.74 Å². The molecule has 0 aromatic rings. The van der Waals surface area contributed by atoms with E-state index < -0.39 is 0 Å². The van der Waals surface area contributed by atoms with Crippen molar-refractivity contribution >= 4 is 23.0 Å². The molecule has 0 radical (unpaired) electrons. The van der Waals surface area contributed by atoms with Gasteiger partial charge in [-0.05, 0) is 43.5 Å². The van der Waals surface area contributed by atoms with Crippen LogP contribution in [0, 0.1) is 5.41 Å². The van der Waals surface area contributed by atoms with Crippen LogP contribution >= 0.6 is 12.2 Å². The predicted octanol–water partition coefficient (Wildman–Crippen LogP) is 2.22. The zero-order valence-corrected chi connectivity index (χ0v) is 12.5. The molecule has 2 N–H and O–H groups in total. The van der Waals surface area contributed by atoms with Gasteiger partial charge in [0.2, 0.25) is 0 Å². The molecule has 0 amide bonds. The summed E-state index contributed by atoms with van der Waals surface area (Å²) in [5.41, 5.74) is 5.58. The van der Waals surface area contributed by atoms with Crippen LogP contribution in [0.25, 0.3) is 0 Å². The van der Waals surface area contributed by atoms with E-state index >= 15 is 0 Å². The van der Waals surface area contributed by atoms with Crippen molar-refractivity contribution in [2.75, 3.05) is 20.3 Å². The average Bonchev–Trinajstić information content (AvgIpc) is 2.24. The number of methoxy groups -OCH3 is 1. The number of allylic oxidation sites excluding steroid dienone is 2. The number of ether oxygens (including phenoxy) is 1. The number of nitrogens with zero attached hydrogens (tertiary/aromatic N) is 1. The first-order valence-corrected chi connectivity index (χ1v) is 6.60. The maximum atomic E-state index is 5.12. The van der Waals surface area contributed by atoms with Gasteiger partial charge in [0, 0.05) is 13.7 Å². The number of nitrogens with one attached hydrogen (secondary N) is 2. The Balaban J connectivity index is 2.47. The molecule has 1 aliphatic carbocycles. The predicted molar refractivity (Wildman–Crippen MR) is 79.8 cm³/mol. The minimum absolute atomic E-state index is 0.282. The first-order valence-electron chi connectivity index (χ1n) is 6.19. The van der Waals surface area contributed by atoms with E-state index in [-0.39, 0.29) is 5.41 Å². The molecular formula is C13H23N3OS. The molecule has 0 unspecified atom stereocenters. The Morgan fingerprint density at radius 1 is 1.50 bits per heavy atom. The lowest BCUT2D eigenvalue weighted by Crippen LogP contribution is -2.35. The number of hydrazone groups is 1. The van der Waals surface area contributed by atoms with Crippen molar-refractivity contribution in [2.45, 2.75) is 33.6 Å². The molecule has 0 fully saturated rings. The Hall–Kier alpha value is -0.940. The van der Waals surface area contributed by atoms with Crippen LogP contribution in [-0.4, -0.2) is 31.1 Å². The van der Waals surface area contributed by atoms with Gasteiger partial charge in [0.25, 0.3) is 0 Å². The van der Waals surface area contributed by atoms with E-state index in [1.807, 2.05) is 0 Å². The molecule has 0 bridgehead atoms. The van der Waals surface area contributed by atoms with Crippen LogP contribution in [0.1, 0.15) is 33.6 Å². The summed E-state index contributed by atoms with van der Waals surface area (Å²) < 4.78 is 4.93. The van der Waals surface area contributed by atoms with Gasteiger partial charge in [0.05, 0.1) is 12.3 Å². The molecule has 1 aliphatic rings. The second-order valence-corrected chi connectivity index (χ2v) is 5.88. The van der Waals surface area contributed by atoms with Gasteiger partial charge in [-0.25, -0.2) is 0 Å². The fourth-order valence-electron chi connectivity index (χ4n) is 2.19. The molecule has 0 aromatic carbocycles. The van der Waals surface area contributed by atoms with Gasteiger partial charge in [-0.2, -0.15) is 5.10 Å². The van der Waals surface area contributed by atoms with Crippen LogP contribution in [0.4, 0.5) is 0 Å². The van der Waals surface area contributed by atoms with Crippen molar-refractivity contribution in [1.82, 2.24) is 10.7 Å². The maximum Gasteiger partial charge on any atom is 0.187 e. The molecule has 1 rings (SSSR count). The summed E-state index contributed by atoms with van der Waals surface area (Å²) in [5, 5.41) is 7.91. The van der Waals surface area contributed by atoms with Gasteiger partial charge in [-0.1, -0.05) is 19.4 Å². The first kappa shape index (κ1) is 15.1. The molecule has 0 spiro atoms. The standard InChI is InChI=1S/C13H23N3OS/c1-10-7-11(9-13(2,3)8-10)15-16-12(18)14-5-6-17-4/h7H,5-6,8-9H2,1-4H3,(H2,14,16,18)/b15-11+. The second kappa shape index (κ2) is 6.85. The molecule has 102 valence electrons. The van der Waals surface area contributed by atoms with Gasteiger partial charge in [-0.15, -0.1) is 0 Å². The largest absolute Gasteiger partial charge is 0.383 e. The highest BCUT2D eigenvalue weighted by atomic mass is 32.1. The van der Waals surface area contributed by atoms with E-state index in [0.717, 1.165) is 18.6 Å². The molecule has 0 saturated heterocycles. The zero-order chi connectivity index (χ0) is 13.6. The number of hydrogen-bond donors (Lipinski definition) is 2. The van der Waals surface area contributed by atoms with Gasteiger partial charge < -0.3 is 10.1 Å². The van der Waals surface area contributed by atoms with E-state index in [9.17, 15) is 0 Å². The molecule has 0 atom stereocenters. The Morgan fingerprint density at radius 2 is 2.22 bits per heavy atom. The fraction of sp³-hybridized carbons (Fsp3) is 0.692. The van der Waals surface area contributed by atoms with Crippen molar-refractivity contribution in [3.63, 3.8) is 0 Å². The van der Waals surface area contributed by atoms with Crippen molar-refractivity contribution in [1.29, 1.82) is 0 Å². The van der Waals surface area contributed by atoms with Crippen LogP contribution in [0.15, 0.2) is 16.8 Å². The summed E-state index contributed by atoms with van der Waals surface area (Å²) in [7, 11) is 1.66. The summed E-state index contributed by atoms with van der Waals surface area (Å²) in [6.45, 7) is 7.98. The highest BCUT2D eigenvalue weighted by molar-refractivity contribution is 7.80. The SMILES string of the molecule is COCCNC(=S)N/N=C1\C=C(C)CC(C)(C)C1. The van der Waals surface area contributed by atoms with E-state index in [1.165, 1.54) is 5.57 Å². The van der Waals surface area contributed by atoms with Crippen LogP contribution < -0.4 is 10.7 Å². The van der Waals surface area contributed by atoms with Gasteiger partial charge in [0.15, 0.2) is 5.11 Å². The molecule has 0 aromatic heterocycles. The van der Waals surface area contributed by atoms with Gasteiger partial charge in [0.1, 0.15) is 0 Å². The average molecular weight is 269 g/mol. The third-order valence-corrected chi connectivity index (χ3v) is 2.96. The molecular weight excluding hydrogens is 246 g/mol. The van der Waals surface area contributed by atoms with Crippen LogP contribution in [-0.2, 0) is 4.74 Å². The molecule has 0 heterocycles. The fourth-order valence-corrected chi connectivity index (χ4v) is 2.34. The van der Waals surface area contributed by atoms with Crippen LogP contribution in [0.3, 0.4) is 0 Å². The molecule has 5 heteroatoms. The Labute approximate surface area is 115 Å². The van der Waals surface area contributed by atoms with Gasteiger partial charge in [-0.3, -0.25) is 5.43 Å². The van der Waals surface area contributed by atoms with Gasteiger partial charge >= 0.3 is 0 Å². The Kier molecular flexibility index (Phi) is 5.75. The zero-order valence-electron chi connectivity index (χ0n) is 11.7. The summed E-state index contributed by atoms with van der Waals surface area (Å²) >= 11 is 5.12. The summed E-state index contributed by atoms with van der Waals surface area (Å²) in [4.78, 5) is 0. The van der Waals surface area contributed by atoms with Crippen LogP contribution in [0.5, 0.6) is 0 Å². The number of rotatable bonds is 4. The third-order valence-electron chi connectivity index (χ3n) is 2.72. The van der Waals surface area contributed by atoms with Crippen molar-refractivity contribution in [3.05, 3.63) is 11.6 Å². The lowest BCUT2D eigenvalue weighted by molar-refractivity contribution is 0.204. The number of thiocarbonyl (C=S) groups is 1. The van der Waals surface area contributed by atoms with Crippen molar-refractivity contribution in [2.24, 2.45) is 10.5 Å². The highest BCUT2D eigenvalue weighted by Crippen LogP contribution is 2.33. The Bertz CT molecular complexity index is 361. The quantitative estimate of drug-likeness (QED) is 0.467. The first-order chi connectivity index (χ1) is 8.43. The van der Waals surface area contributed by atoms with Crippen molar-refractivity contribution in [3.8, 4) is 0 Å². The third kappa shape index (κ3) is 5.60. The lowest BCUT2D eigenvalue weighted by Gasteiger charge is -2.29. The highest BCUT2D eigenvalue weighted by Gasteiger charge is 2.24. The monoisotopic (exact) mass is 269 g/mol. The summed E-state index contributed by atoms with van der Waals surface area (Å²) in [6, 6.07) is 0. The smallest absolute Gasteiger partial charge is 0.187 e. The van der Waals surface area contributed by atoms with E-state index in [2.05, 4.69) is 42.7 Å². The molecule has 0 saturated carbocycles. The lowest BCUT2D eigenvalue weighted by atomic mass is 9.77. The van der Waals surface area contributed by atoms with Crippen LogP contribution in [0.2, 0.25) is 0 Å². The minimum Gasteiger partial charge on any atom is -0.383 e. The topological polar surface area (TPSA) is 45.6 Å². The molecule has 18 heavy (non-hydrogen) atoms. The Morgan fingerprint density at radius 3 is 2.83 bits per heavy atom. The van der Waals surface area contributed by atoms with E-state index in [1.54, 1.807) is 7.11 Å².